The summed E-state index contributed by atoms with van der Waals surface area (Å²) < 4.78 is 13.2. The van der Waals surface area contributed by atoms with Gasteiger partial charge in [-0.2, -0.15) is 5.10 Å². The highest BCUT2D eigenvalue weighted by atomic mass is 35.5. The molecular formula is C29H34ClN5O2. The van der Waals surface area contributed by atoms with Crippen molar-refractivity contribution in [3.8, 4) is 11.5 Å². The van der Waals surface area contributed by atoms with E-state index in [9.17, 15) is 0 Å². The van der Waals surface area contributed by atoms with Crippen LogP contribution in [0.2, 0.25) is 5.02 Å². The SMILES string of the molecule is COc1cc2c(CC(C)N3CCN(c4cccc(Cl)c4C)CC3)nn(Cc3ccccn3)c2cc1OC. The summed E-state index contributed by atoms with van der Waals surface area (Å²) in [7, 11) is 3.34. The van der Waals surface area contributed by atoms with Crippen LogP contribution in [0.5, 0.6) is 11.5 Å². The molecule has 37 heavy (non-hydrogen) atoms. The van der Waals surface area contributed by atoms with E-state index in [1.54, 1.807) is 14.2 Å². The highest BCUT2D eigenvalue weighted by molar-refractivity contribution is 6.31. The van der Waals surface area contributed by atoms with Gasteiger partial charge >= 0.3 is 0 Å². The smallest absolute Gasteiger partial charge is 0.162 e. The van der Waals surface area contributed by atoms with Gasteiger partial charge in [0.2, 0.25) is 0 Å². The van der Waals surface area contributed by atoms with E-state index in [0.29, 0.717) is 24.1 Å². The van der Waals surface area contributed by atoms with Crippen LogP contribution in [0, 0.1) is 6.92 Å². The Labute approximate surface area is 223 Å². The maximum Gasteiger partial charge on any atom is 0.162 e. The monoisotopic (exact) mass is 519 g/mol. The van der Waals surface area contributed by atoms with Crippen molar-refractivity contribution in [2.75, 3.05) is 45.3 Å². The lowest BCUT2D eigenvalue weighted by atomic mass is 10.1. The van der Waals surface area contributed by atoms with Gasteiger partial charge in [0, 0.05) is 67.0 Å². The molecule has 1 unspecified atom stereocenters. The summed E-state index contributed by atoms with van der Waals surface area (Å²) in [5.41, 5.74) is 5.44. The van der Waals surface area contributed by atoms with Crippen molar-refractivity contribution in [3.05, 3.63) is 76.7 Å². The second kappa shape index (κ2) is 11.0. The first-order chi connectivity index (χ1) is 18.0. The van der Waals surface area contributed by atoms with Crippen LogP contribution in [0.3, 0.4) is 0 Å². The number of methoxy groups -OCH3 is 2. The molecule has 0 radical (unpaired) electrons. The molecule has 5 rings (SSSR count). The molecule has 2 aromatic heterocycles. The zero-order chi connectivity index (χ0) is 25.9. The minimum absolute atomic E-state index is 0.345. The van der Waals surface area contributed by atoms with Crippen LogP contribution in [-0.4, -0.2) is 66.1 Å². The number of pyridine rings is 1. The molecule has 1 aliphatic heterocycles. The molecule has 3 heterocycles. The van der Waals surface area contributed by atoms with Gasteiger partial charge in [0.05, 0.1) is 37.7 Å². The van der Waals surface area contributed by atoms with E-state index in [1.807, 2.05) is 47.3 Å². The van der Waals surface area contributed by atoms with Gasteiger partial charge in [-0.25, -0.2) is 0 Å². The topological polar surface area (TPSA) is 55.7 Å². The number of benzene rings is 2. The normalized spacial score (nSPS) is 15.2. The third kappa shape index (κ3) is 5.24. The lowest BCUT2D eigenvalue weighted by Crippen LogP contribution is -2.50. The van der Waals surface area contributed by atoms with Crippen LogP contribution in [0.1, 0.15) is 23.9 Å². The lowest BCUT2D eigenvalue weighted by Gasteiger charge is -2.39. The summed E-state index contributed by atoms with van der Waals surface area (Å²) in [5.74, 6) is 1.41. The van der Waals surface area contributed by atoms with Crippen molar-refractivity contribution in [2.24, 2.45) is 0 Å². The van der Waals surface area contributed by atoms with Crippen molar-refractivity contribution in [3.63, 3.8) is 0 Å². The molecule has 2 aromatic carbocycles. The average molecular weight is 520 g/mol. The van der Waals surface area contributed by atoms with Crippen LogP contribution in [-0.2, 0) is 13.0 Å². The van der Waals surface area contributed by atoms with Crippen molar-refractivity contribution in [1.29, 1.82) is 0 Å². The molecule has 0 saturated carbocycles. The number of halogens is 1. The van der Waals surface area contributed by atoms with Crippen molar-refractivity contribution < 1.29 is 9.47 Å². The lowest BCUT2D eigenvalue weighted by molar-refractivity contribution is 0.195. The van der Waals surface area contributed by atoms with Crippen molar-refractivity contribution in [2.45, 2.75) is 32.9 Å². The number of hydrogen-bond acceptors (Lipinski definition) is 6. The first-order valence-electron chi connectivity index (χ1n) is 12.7. The predicted molar refractivity (Wildman–Crippen MR) is 149 cm³/mol. The first-order valence-corrected chi connectivity index (χ1v) is 13.1. The fourth-order valence-corrected chi connectivity index (χ4v) is 5.40. The molecule has 0 N–H and O–H groups in total. The quantitative estimate of drug-likeness (QED) is 0.318. The molecule has 1 atom stereocenters. The number of rotatable bonds is 8. The average Bonchev–Trinajstić information content (AvgIpc) is 3.25. The fourth-order valence-electron chi connectivity index (χ4n) is 5.23. The molecule has 1 saturated heterocycles. The van der Waals surface area contributed by atoms with Gasteiger partial charge in [-0.05, 0) is 49.7 Å². The van der Waals surface area contributed by atoms with E-state index >= 15 is 0 Å². The number of fused-ring (bicyclic) bond motifs is 1. The van der Waals surface area contributed by atoms with Crippen molar-refractivity contribution in [1.82, 2.24) is 19.7 Å². The number of aromatic nitrogens is 3. The van der Waals surface area contributed by atoms with Crippen LogP contribution in [0.15, 0.2) is 54.7 Å². The second-order valence-corrected chi connectivity index (χ2v) is 10.0. The molecule has 7 nitrogen and oxygen atoms in total. The van der Waals surface area contributed by atoms with Crippen LogP contribution in [0.4, 0.5) is 5.69 Å². The van der Waals surface area contributed by atoms with Gasteiger partial charge in [-0.3, -0.25) is 14.6 Å². The Morgan fingerprint density at radius 1 is 0.973 bits per heavy atom. The Balaban J connectivity index is 1.37. The molecule has 1 aliphatic rings. The standard InChI is InChI=1S/C29H34ClN5O2/c1-20(33-12-14-34(15-13-33)26-10-7-9-24(30)21(26)2)16-25-23-17-28(36-3)29(37-4)18-27(23)35(32-25)19-22-8-5-6-11-31-22/h5-11,17-18,20H,12-16,19H2,1-4H3. The third-order valence-electron chi connectivity index (χ3n) is 7.38. The highest BCUT2D eigenvalue weighted by Gasteiger charge is 2.25. The highest BCUT2D eigenvalue weighted by Crippen LogP contribution is 2.35. The maximum absolute atomic E-state index is 6.38. The van der Waals surface area contributed by atoms with E-state index in [0.717, 1.165) is 65.5 Å². The molecule has 0 aliphatic carbocycles. The number of ether oxygens (including phenoxy) is 2. The summed E-state index contributed by atoms with van der Waals surface area (Å²) >= 11 is 6.38. The van der Waals surface area contributed by atoms with Crippen LogP contribution >= 0.6 is 11.6 Å². The predicted octanol–water partition coefficient (Wildman–Crippen LogP) is 5.21. The third-order valence-corrected chi connectivity index (χ3v) is 7.79. The summed E-state index contributed by atoms with van der Waals surface area (Å²) in [6.45, 7) is 8.94. The van der Waals surface area contributed by atoms with Gasteiger partial charge in [0.25, 0.3) is 0 Å². The van der Waals surface area contributed by atoms with E-state index < -0.39 is 0 Å². The number of piperazine rings is 1. The molecule has 4 aromatic rings. The first kappa shape index (κ1) is 25.4. The Bertz CT molecular complexity index is 1370. The zero-order valence-corrected chi connectivity index (χ0v) is 22.7. The van der Waals surface area contributed by atoms with Crippen molar-refractivity contribution >= 4 is 28.2 Å². The number of hydrogen-bond donors (Lipinski definition) is 0. The molecule has 0 bridgehead atoms. The Morgan fingerprint density at radius 3 is 2.43 bits per heavy atom. The molecule has 1 fully saturated rings. The number of anilines is 1. The van der Waals surface area contributed by atoms with Gasteiger partial charge in [-0.1, -0.05) is 23.7 Å². The second-order valence-electron chi connectivity index (χ2n) is 9.61. The van der Waals surface area contributed by atoms with Gasteiger partial charge < -0.3 is 14.4 Å². The minimum atomic E-state index is 0.345. The Kier molecular flexibility index (Phi) is 7.53. The zero-order valence-electron chi connectivity index (χ0n) is 21.9. The largest absolute Gasteiger partial charge is 0.493 e. The Morgan fingerprint density at radius 2 is 1.73 bits per heavy atom. The molecule has 0 amide bonds. The van der Waals surface area contributed by atoms with Gasteiger partial charge in [0.1, 0.15) is 0 Å². The van der Waals surface area contributed by atoms with Crippen LogP contribution < -0.4 is 14.4 Å². The molecule has 8 heteroatoms. The van der Waals surface area contributed by atoms with E-state index in [-0.39, 0.29) is 0 Å². The molecular weight excluding hydrogens is 486 g/mol. The fraction of sp³-hybridized carbons (Fsp3) is 0.379. The maximum atomic E-state index is 6.38. The number of nitrogens with zero attached hydrogens (tertiary/aromatic N) is 5. The summed E-state index contributed by atoms with van der Waals surface area (Å²) in [6.07, 6.45) is 2.66. The molecule has 194 valence electrons. The minimum Gasteiger partial charge on any atom is -0.493 e. The van der Waals surface area contributed by atoms with Gasteiger partial charge in [0.15, 0.2) is 11.5 Å². The van der Waals surface area contributed by atoms with E-state index in [1.165, 1.54) is 5.69 Å². The summed E-state index contributed by atoms with van der Waals surface area (Å²) in [5, 5.41) is 6.99. The van der Waals surface area contributed by atoms with E-state index in [4.69, 9.17) is 26.2 Å². The summed E-state index contributed by atoms with van der Waals surface area (Å²) in [4.78, 5) is 9.51. The summed E-state index contributed by atoms with van der Waals surface area (Å²) in [6, 6.07) is 16.5. The van der Waals surface area contributed by atoms with E-state index in [2.05, 4.69) is 40.8 Å². The van der Waals surface area contributed by atoms with Gasteiger partial charge in [-0.15, -0.1) is 0 Å². The Hall–Kier alpha value is -3.29. The van der Waals surface area contributed by atoms with Crippen LogP contribution in [0.25, 0.3) is 10.9 Å². The molecule has 0 spiro atoms.